The lowest BCUT2D eigenvalue weighted by atomic mass is 10.1. The number of esters is 1. The SMILES string of the molecule is COc1ccc(NC(=O)COC(=O)c2ccc(C)c([N+](=O)[O-])c2)c([N+](=O)[O-])c1. The minimum Gasteiger partial charge on any atom is -0.496 e. The molecule has 0 fully saturated rings. The van der Waals surface area contributed by atoms with Gasteiger partial charge in [-0.1, -0.05) is 6.07 Å². The summed E-state index contributed by atoms with van der Waals surface area (Å²) in [6, 6.07) is 7.59. The van der Waals surface area contributed by atoms with Gasteiger partial charge in [0.25, 0.3) is 17.3 Å². The third-order valence-electron chi connectivity index (χ3n) is 3.65. The molecule has 0 bridgehead atoms. The molecular weight excluding hydrogens is 374 g/mol. The summed E-state index contributed by atoms with van der Waals surface area (Å²) in [7, 11) is 1.34. The molecule has 0 saturated carbocycles. The van der Waals surface area contributed by atoms with Crippen LogP contribution in [0.4, 0.5) is 17.1 Å². The minimum atomic E-state index is -0.942. The number of hydrogen-bond donors (Lipinski definition) is 1. The van der Waals surface area contributed by atoms with E-state index in [2.05, 4.69) is 5.32 Å². The van der Waals surface area contributed by atoms with Crippen molar-refractivity contribution in [2.24, 2.45) is 0 Å². The number of amides is 1. The third kappa shape index (κ3) is 4.78. The highest BCUT2D eigenvalue weighted by atomic mass is 16.6. The van der Waals surface area contributed by atoms with Gasteiger partial charge >= 0.3 is 5.97 Å². The summed E-state index contributed by atoms with van der Waals surface area (Å²) < 4.78 is 9.71. The summed E-state index contributed by atoms with van der Waals surface area (Å²) in [4.78, 5) is 44.6. The second kappa shape index (κ2) is 8.58. The minimum absolute atomic E-state index is 0.0967. The van der Waals surface area contributed by atoms with E-state index in [1.807, 2.05) is 0 Å². The van der Waals surface area contributed by atoms with Gasteiger partial charge in [-0.15, -0.1) is 0 Å². The van der Waals surface area contributed by atoms with Gasteiger partial charge in [0.15, 0.2) is 6.61 Å². The fraction of sp³-hybridized carbons (Fsp3) is 0.176. The van der Waals surface area contributed by atoms with Crippen LogP contribution in [0.5, 0.6) is 5.75 Å². The predicted molar refractivity (Wildman–Crippen MR) is 96.4 cm³/mol. The maximum Gasteiger partial charge on any atom is 0.338 e. The standard InChI is InChI=1S/C17H15N3O8/c1-10-3-4-11(7-14(10)19(23)24)17(22)28-9-16(21)18-13-6-5-12(27-2)8-15(13)20(25)26/h3-8H,9H2,1-2H3,(H,18,21). The van der Waals surface area contributed by atoms with Crippen LogP contribution in [-0.4, -0.2) is 35.4 Å². The Morgan fingerprint density at radius 3 is 2.32 bits per heavy atom. The normalized spacial score (nSPS) is 10.1. The number of aryl methyl sites for hydroxylation is 1. The van der Waals surface area contributed by atoms with E-state index in [1.54, 1.807) is 0 Å². The first kappa shape index (κ1) is 20.3. The molecule has 0 radical (unpaired) electrons. The van der Waals surface area contributed by atoms with Crippen LogP contribution >= 0.6 is 0 Å². The Bertz CT molecular complexity index is 957. The molecule has 146 valence electrons. The van der Waals surface area contributed by atoms with Crippen LogP contribution in [0.1, 0.15) is 15.9 Å². The van der Waals surface area contributed by atoms with Crippen molar-refractivity contribution in [3.05, 3.63) is 67.8 Å². The van der Waals surface area contributed by atoms with Crippen molar-refractivity contribution in [3.8, 4) is 5.75 Å². The summed E-state index contributed by atoms with van der Waals surface area (Å²) in [6.45, 7) is 0.784. The van der Waals surface area contributed by atoms with E-state index in [0.717, 1.165) is 12.1 Å². The van der Waals surface area contributed by atoms with Crippen LogP contribution in [-0.2, 0) is 9.53 Å². The Morgan fingerprint density at radius 1 is 1.04 bits per heavy atom. The lowest BCUT2D eigenvalue weighted by molar-refractivity contribution is -0.385. The molecule has 2 aromatic carbocycles. The van der Waals surface area contributed by atoms with Gasteiger partial charge in [-0.3, -0.25) is 25.0 Å². The Hall–Kier alpha value is -4.02. The smallest absolute Gasteiger partial charge is 0.338 e. The van der Waals surface area contributed by atoms with Gasteiger partial charge in [0.05, 0.1) is 28.6 Å². The molecule has 0 aliphatic carbocycles. The number of nitro groups is 2. The lowest BCUT2D eigenvalue weighted by Gasteiger charge is -2.08. The number of ether oxygens (including phenoxy) is 2. The third-order valence-corrected chi connectivity index (χ3v) is 3.65. The van der Waals surface area contributed by atoms with Gasteiger partial charge in [-0.2, -0.15) is 0 Å². The Labute approximate surface area is 158 Å². The number of nitrogens with zero attached hydrogens (tertiary/aromatic N) is 2. The topological polar surface area (TPSA) is 151 Å². The molecule has 0 aliphatic rings. The van der Waals surface area contributed by atoms with Crippen molar-refractivity contribution in [2.75, 3.05) is 19.0 Å². The van der Waals surface area contributed by atoms with Gasteiger partial charge in [-0.25, -0.2) is 4.79 Å². The van der Waals surface area contributed by atoms with E-state index in [1.165, 1.54) is 38.3 Å². The summed E-state index contributed by atoms with van der Waals surface area (Å²) in [5.74, 6) is -1.53. The van der Waals surface area contributed by atoms with Crippen molar-refractivity contribution in [1.82, 2.24) is 0 Å². The number of nitro benzene ring substituents is 2. The Kier molecular flexibility index (Phi) is 6.22. The molecule has 0 heterocycles. The number of hydrogen-bond acceptors (Lipinski definition) is 8. The molecule has 0 atom stereocenters. The number of rotatable bonds is 7. The average molecular weight is 389 g/mol. The van der Waals surface area contributed by atoms with Crippen LogP contribution in [0.2, 0.25) is 0 Å². The molecule has 2 rings (SSSR count). The monoisotopic (exact) mass is 389 g/mol. The summed E-state index contributed by atoms with van der Waals surface area (Å²) in [5, 5.41) is 24.3. The second-order valence-electron chi connectivity index (χ2n) is 5.52. The lowest BCUT2D eigenvalue weighted by Crippen LogP contribution is -2.21. The maximum absolute atomic E-state index is 12.0. The number of benzene rings is 2. The first-order valence-electron chi connectivity index (χ1n) is 7.77. The van der Waals surface area contributed by atoms with E-state index in [-0.39, 0.29) is 22.7 Å². The number of anilines is 1. The largest absolute Gasteiger partial charge is 0.496 e. The molecule has 28 heavy (non-hydrogen) atoms. The highest BCUT2D eigenvalue weighted by Gasteiger charge is 2.19. The zero-order valence-electron chi connectivity index (χ0n) is 14.8. The summed E-state index contributed by atoms with van der Waals surface area (Å²) in [6.07, 6.45) is 0. The molecule has 0 aliphatic heterocycles. The molecule has 0 unspecified atom stereocenters. The zero-order valence-corrected chi connectivity index (χ0v) is 14.8. The van der Waals surface area contributed by atoms with E-state index in [0.29, 0.717) is 5.56 Å². The van der Waals surface area contributed by atoms with E-state index < -0.39 is 34.0 Å². The van der Waals surface area contributed by atoms with Crippen molar-refractivity contribution >= 4 is 28.9 Å². The van der Waals surface area contributed by atoms with Gasteiger partial charge < -0.3 is 14.8 Å². The van der Waals surface area contributed by atoms with Gasteiger partial charge in [-0.05, 0) is 25.1 Å². The van der Waals surface area contributed by atoms with E-state index >= 15 is 0 Å². The first-order valence-corrected chi connectivity index (χ1v) is 7.77. The van der Waals surface area contributed by atoms with Crippen molar-refractivity contribution < 1.29 is 28.9 Å². The molecule has 0 saturated heterocycles. The highest BCUT2D eigenvalue weighted by Crippen LogP contribution is 2.28. The van der Waals surface area contributed by atoms with Crippen LogP contribution in [0.3, 0.4) is 0 Å². The van der Waals surface area contributed by atoms with E-state index in [9.17, 15) is 29.8 Å². The van der Waals surface area contributed by atoms with Crippen molar-refractivity contribution in [2.45, 2.75) is 6.92 Å². The number of nitrogens with one attached hydrogen (secondary N) is 1. The second-order valence-corrected chi connectivity index (χ2v) is 5.52. The number of carbonyl (C=O) groups is 2. The molecule has 0 aromatic heterocycles. The van der Waals surface area contributed by atoms with Gasteiger partial charge in [0.2, 0.25) is 0 Å². The van der Waals surface area contributed by atoms with Crippen LogP contribution in [0.25, 0.3) is 0 Å². The highest BCUT2D eigenvalue weighted by molar-refractivity contribution is 5.97. The maximum atomic E-state index is 12.0. The molecule has 1 amide bonds. The molecule has 2 aromatic rings. The molecule has 0 spiro atoms. The quantitative estimate of drug-likeness (QED) is 0.431. The molecule has 1 N–H and O–H groups in total. The average Bonchev–Trinajstić information content (AvgIpc) is 2.66. The van der Waals surface area contributed by atoms with Gasteiger partial charge in [0, 0.05) is 11.6 Å². The molecule has 11 nitrogen and oxygen atoms in total. The summed E-state index contributed by atoms with van der Waals surface area (Å²) in [5.41, 5.74) is -0.481. The number of carbonyl (C=O) groups excluding carboxylic acids is 2. The van der Waals surface area contributed by atoms with Crippen LogP contribution < -0.4 is 10.1 Å². The van der Waals surface area contributed by atoms with Crippen LogP contribution in [0.15, 0.2) is 36.4 Å². The van der Waals surface area contributed by atoms with Crippen LogP contribution in [0, 0.1) is 27.2 Å². The van der Waals surface area contributed by atoms with Crippen molar-refractivity contribution in [3.63, 3.8) is 0 Å². The van der Waals surface area contributed by atoms with E-state index in [4.69, 9.17) is 9.47 Å². The first-order chi connectivity index (χ1) is 13.2. The Balaban J connectivity index is 2.05. The molecular formula is C17H15N3O8. The number of methoxy groups -OCH3 is 1. The summed E-state index contributed by atoms with van der Waals surface area (Å²) >= 11 is 0. The zero-order chi connectivity index (χ0) is 20.8. The Morgan fingerprint density at radius 2 is 1.71 bits per heavy atom. The van der Waals surface area contributed by atoms with Gasteiger partial charge in [0.1, 0.15) is 11.4 Å². The predicted octanol–water partition coefficient (Wildman–Crippen LogP) is 2.62. The fourth-order valence-electron chi connectivity index (χ4n) is 2.23. The fourth-order valence-corrected chi connectivity index (χ4v) is 2.23. The molecule has 11 heteroatoms. The van der Waals surface area contributed by atoms with Crippen molar-refractivity contribution in [1.29, 1.82) is 0 Å².